The molecule has 1 aromatic rings. The lowest BCUT2D eigenvalue weighted by Crippen LogP contribution is -2.05. The summed E-state index contributed by atoms with van der Waals surface area (Å²) in [5.74, 6) is 0. The van der Waals surface area contributed by atoms with Gasteiger partial charge in [0.05, 0.1) is 18.5 Å². The second-order valence-corrected chi connectivity index (χ2v) is 2.65. The van der Waals surface area contributed by atoms with Gasteiger partial charge in [-0.2, -0.15) is 0 Å². The number of nitrogens with zero attached hydrogens (tertiary/aromatic N) is 1. The molecule has 0 saturated carbocycles. The number of alkyl halides is 2. The Hall–Kier alpha value is -1.23. The number of aromatic nitrogens is 1. The van der Waals surface area contributed by atoms with E-state index in [-0.39, 0.29) is 22.5 Å². The summed E-state index contributed by atoms with van der Waals surface area (Å²) in [6, 6.07) is 0. The van der Waals surface area contributed by atoms with Gasteiger partial charge >= 0.3 is 0 Å². The maximum Gasteiger partial charge on any atom is 0.266 e. The lowest BCUT2D eigenvalue weighted by Gasteiger charge is -2.11. The third-order valence-electron chi connectivity index (χ3n) is 1.84. The van der Waals surface area contributed by atoms with E-state index >= 15 is 0 Å². The van der Waals surface area contributed by atoms with Gasteiger partial charge in [0.15, 0.2) is 0 Å². The van der Waals surface area contributed by atoms with Crippen molar-refractivity contribution in [2.24, 2.45) is 0 Å². The van der Waals surface area contributed by atoms with E-state index in [0.717, 1.165) is 0 Å². The fraction of sp³-hybridized carbons (Fsp3) is 0.375. The van der Waals surface area contributed by atoms with Gasteiger partial charge in [0.1, 0.15) is 0 Å². The number of pyridine rings is 1. The largest absolute Gasteiger partial charge is 0.397 e. The molecular formula is C8H10F2N2O. The Labute approximate surface area is 74.2 Å². The third kappa shape index (κ3) is 1.75. The lowest BCUT2D eigenvalue weighted by atomic mass is 10.1. The summed E-state index contributed by atoms with van der Waals surface area (Å²) >= 11 is 0. The fourth-order valence-electron chi connectivity index (χ4n) is 1.15. The molecule has 1 rings (SSSR count). The number of rotatable bonds is 2. The van der Waals surface area contributed by atoms with Crippen LogP contribution < -0.4 is 5.73 Å². The van der Waals surface area contributed by atoms with Crippen LogP contribution in [0.2, 0.25) is 0 Å². The van der Waals surface area contributed by atoms with Gasteiger partial charge in [-0.15, -0.1) is 0 Å². The highest BCUT2D eigenvalue weighted by atomic mass is 19.3. The molecule has 1 aromatic heterocycles. The molecule has 0 spiro atoms. The Morgan fingerprint density at radius 1 is 1.62 bits per heavy atom. The summed E-state index contributed by atoms with van der Waals surface area (Å²) in [5, 5.41) is 8.83. The molecule has 5 heteroatoms. The fourth-order valence-corrected chi connectivity index (χ4v) is 1.15. The molecule has 72 valence electrons. The Bertz CT molecular complexity index is 315. The number of halogens is 2. The predicted octanol–water partition coefficient (Wildman–Crippen LogP) is 1.40. The van der Waals surface area contributed by atoms with E-state index in [2.05, 4.69) is 4.98 Å². The summed E-state index contributed by atoms with van der Waals surface area (Å²) in [5.41, 5.74) is 5.50. The molecule has 0 amide bonds. The zero-order chi connectivity index (χ0) is 10.0. The Balaban J connectivity index is 3.35. The second-order valence-electron chi connectivity index (χ2n) is 2.65. The summed E-state index contributed by atoms with van der Waals surface area (Å²) in [7, 11) is 0. The van der Waals surface area contributed by atoms with Crippen molar-refractivity contribution >= 4 is 5.69 Å². The van der Waals surface area contributed by atoms with E-state index in [1.807, 2.05) is 0 Å². The first-order chi connectivity index (χ1) is 6.07. The highest BCUT2D eigenvalue weighted by molar-refractivity contribution is 5.50. The van der Waals surface area contributed by atoms with Crippen molar-refractivity contribution in [3.63, 3.8) is 0 Å². The first-order valence-electron chi connectivity index (χ1n) is 3.70. The average Bonchev–Trinajstić information content (AvgIpc) is 2.07. The first kappa shape index (κ1) is 9.85. The van der Waals surface area contributed by atoms with Gasteiger partial charge < -0.3 is 10.8 Å². The van der Waals surface area contributed by atoms with Crippen LogP contribution in [0.15, 0.2) is 6.20 Å². The second kappa shape index (κ2) is 3.66. The van der Waals surface area contributed by atoms with Gasteiger partial charge in [0.2, 0.25) is 0 Å². The molecule has 0 radical (unpaired) electrons. The first-order valence-corrected chi connectivity index (χ1v) is 3.70. The molecule has 0 saturated heterocycles. The molecule has 3 nitrogen and oxygen atoms in total. The van der Waals surface area contributed by atoms with Crippen LogP contribution in [0, 0.1) is 6.92 Å². The van der Waals surface area contributed by atoms with Crippen LogP contribution in [0.4, 0.5) is 14.5 Å². The van der Waals surface area contributed by atoms with Crippen LogP contribution in [-0.4, -0.2) is 10.1 Å². The summed E-state index contributed by atoms with van der Waals surface area (Å²) in [6.45, 7) is 0.967. The quantitative estimate of drug-likeness (QED) is 0.737. The number of hydrogen-bond acceptors (Lipinski definition) is 3. The monoisotopic (exact) mass is 188 g/mol. The van der Waals surface area contributed by atoms with Crippen LogP contribution >= 0.6 is 0 Å². The number of anilines is 1. The molecule has 0 aliphatic heterocycles. The van der Waals surface area contributed by atoms with Crippen LogP contribution in [0.3, 0.4) is 0 Å². The normalized spacial score (nSPS) is 10.8. The van der Waals surface area contributed by atoms with E-state index in [0.29, 0.717) is 0 Å². The number of nitrogen functional groups attached to an aromatic ring is 1. The van der Waals surface area contributed by atoms with E-state index < -0.39 is 13.0 Å². The van der Waals surface area contributed by atoms with E-state index in [9.17, 15) is 8.78 Å². The molecule has 1 heterocycles. The average molecular weight is 188 g/mol. The highest BCUT2D eigenvalue weighted by Gasteiger charge is 2.18. The topological polar surface area (TPSA) is 59.1 Å². The molecule has 0 unspecified atom stereocenters. The summed E-state index contributed by atoms with van der Waals surface area (Å²) in [6.07, 6.45) is -1.38. The smallest absolute Gasteiger partial charge is 0.266 e. The van der Waals surface area contributed by atoms with Crippen LogP contribution in [-0.2, 0) is 6.61 Å². The summed E-state index contributed by atoms with van der Waals surface area (Å²) < 4.78 is 24.9. The summed E-state index contributed by atoms with van der Waals surface area (Å²) in [4.78, 5) is 3.69. The number of aryl methyl sites for hydroxylation is 1. The zero-order valence-electron chi connectivity index (χ0n) is 7.09. The van der Waals surface area contributed by atoms with Crippen molar-refractivity contribution in [1.82, 2.24) is 4.98 Å². The molecule has 0 aliphatic rings. The van der Waals surface area contributed by atoms with Gasteiger partial charge in [0, 0.05) is 16.8 Å². The Morgan fingerprint density at radius 3 is 2.62 bits per heavy atom. The van der Waals surface area contributed by atoms with Gasteiger partial charge in [-0.1, -0.05) is 0 Å². The van der Waals surface area contributed by atoms with Gasteiger partial charge in [-0.05, 0) is 6.92 Å². The molecule has 0 atom stereocenters. The molecule has 0 fully saturated rings. The molecule has 13 heavy (non-hydrogen) atoms. The van der Waals surface area contributed by atoms with Crippen molar-refractivity contribution in [2.45, 2.75) is 20.0 Å². The lowest BCUT2D eigenvalue weighted by molar-refractivity contribution is 0.146. The molecule has 0 aromatic carbocycles. The van der Waals surface area contributed by atoms with Crippen molar-refractivity contribution < 1.29 is 13.9 Å². The van der Waals surface area contributed by atoms with Gasteiger partial charge in [0.25, 0.3) is 6.43 Å². The predicted molar refractivity (Wildman–Crippen MR) is 44.3 cm³/mol. The minimum absolute atomic E-state index is 0.0718. The van der Waals surface area contributed by atoms with E-state index in [1.165, 1.54) is 13.1 Å². The van der Waals surface area contributed by atoms with Crippen LogP contribution in [0.5, 0.6) is 0 Å². The van der Waals surface area contributed by atoms with Crippen molar-refractivity contribution in [3.05, 3.63) is 23.0 Å². The Morgan fingerprint density at radius 2 is 2.23 bits per heavy atom. The Kier molecular flexibility index (Phi) is 2.77. The molecular weight excluding hydrogens is 178 g/mol. The van der Waals surface area contributed by atoms with Crippen LogP contribution in [0.25, 0.3) is 0 Å². The maximum absolute atomic E-state index is 12.4. The SMILES string of the molecule is Cc1ncc(N)c(CO)c1C(F)F. The van der Waals surface area contributed by atoms with E-state index in [1.54, 1.807) is 0 Å². The molecule has 0 aliphatic carbocycles. The highest BCUT2D eigenvalue weighted by Crippen LogP contribution is 2.28. The maximum atomic E-state index is 12.4. The third-order valence-corrected chi connectivity index (χ3v) is 1.84. The molecule has 0 bridgehead atoms. The minimum atomic E-state index is -2.65. The number of hydrogen-bond donors (Lipinski definition) is 2. The number of nitrogens with two attached hydrogens (primary N) is 1. The minimum Gasteiger partial charge on any atom is -0.397 e. The van der Waals surface area contributed by atoms with Gasteiger partial charge in [-0.25, -0.2) is 8.78 Å². The van der Waals surface area contributed by atoms with Crippen molar-refractivity contribution in [2.75, 3.05) is 5.73 Å². The van der Waals surface area contributed by atoms with Crippen molar-refractivity contribution in [1.29, 1.82) is 0 Å². The standard InChI is InChI=1S/C8H10F2N2O/c1-4-7(8(9)10)5(3-13)6(11)2-12-4/h2,8,13H,3,11H2,1H3. The van der Waals surface area contributed by atoms with Gasteiger partial charge in [-0.3, -0.25) is 4.98 Å². The molecule has 3 N–H and O–H groups in total. The van der Waals surface area contributed by atoms with E-state index in [4.69, 9.17) is 10.8 Å². The van der Waals surface area contributed by atoms with Crippen LogP contribution in [0.1, 0.15) is 23.2 Å². The zero-order valence-corrected chi connectivity index (χ0v) is 7.09. The number of aliphatic hydroxyl groups excluding tert-OH is 1. The van der Waals surface area contributed by atoms with Crippen molar-refractivity contribution in [3.8, 4) is 0 Å². The number of aliphatic hydroxyl groups is 1.